The third kappa shape index (κ3) is 3.48. The van der Waals surface area contributed by atoms with Crippen LogP contribution in [-0.2, 0) is 0 Å². The molecule has 1 heterocycles. The van der Waals surface area contributed by atoms with Crippen molar-refractivity contribution in [3.63, 3.8) is 0 Å². The van der Waals surface area contributed by atoms with E-state index >= 15 is 0 Å². The number of rotatable bonds is 2. The van der Waals surface area contributed by atoms with Crippen molar-refractivity contribution in [3.8, 4) is 0 Å². The topological polar surface area (TPSA) is 85.3 Å². The van der Waals surface area contributed by atoms with Crippen LogP contribution in [0.4, 0.5) is 0 Å². The monoisotopic (exact) mass is 322 g/mol. The van der Waals surface area contributed by atoms with Gasteiger partial charge >= 0.3 is 5.63 Å². The Morgan fingerprint density at radius 2 is 1.86 bits per heavy atom. The number of nitrogens with two attached hydrogens (primary N) is 1. The SMILES string of the molecule is Cl.NC1CCC(NC(=O)c2cc3ccccc3oc2=O)CC1. The lowest BCUT2D eigenvalue weighted by Crippen LogP contribution is -2.41. The maximum absolute atomic E-state index is 12.3. The van der Waals surface area contributed by atoms with Gasteiger partial charge in [0.05, 0.1) is 0 Å². The fourth-order valence-electron chi connectivity index (χ4n) is 2.75. The average molecular weight is 323 g/mol. The summed E-state index contributed by atoms with van der Waals surface area (Å²) in [7, 11) is 0. The zero-order valence-corrected chi connectivity index (χ0v) is 12.9. The van der Waals surface area contributed by atoms with Crippen LogP contribution in [0.2, 0.25) is 0 Å². The van der Waals surface area contributed by atoms with Gasteiger partial charge in [-0.25, -0.2) is 4.79 Å². The van der Waals surface area contributed by atoms with Crippen LogP contribution < -0.4 is 16.7 Å². The van der Waals surface area contributed by atoms with Crippen LogP contribution in [0.15, 0.2) is 39.5 Å². The molecule has 1 saturated carbocycles. The zero-order valence-electron chi connectivity index (χ0n) is 12.1. The molecule has 1 amide bonds. The van der Waals surface area contributed by atoms with Crippen LogP contribution in [0, 0.1) is 0 Å². The van der Waals surface area contributed by atoms with Gasteiger partial charge in [-0.05, 0) is 37.8 Å². The van der Waals surface area contributed by atoms with E-state index in [2.05, 4.69) is 5.32 Å². The molecule has 1 fully saturated rings. The van der Waals surface area contributed by atoms with Gasteiger partial charge in [-0.3, -0.25) is 4.79 Å². The summed E-state index contributed by atoms with van der Waals surface area (Å²) >= 11 is 0. The van der Waals surface area contributed by atoms with Crippen molar-refractivity contribution in [2.75, 3.05) is 0 Å². The van der Waals surface area contributed by atoms with Gasteiger partial charge in [-0.15, -0.1) is 12.4 Å². The second-order valence-corrected chi connectivity index (χ2v) is 5.57. The molecular formula is C16H19ClN2O3. The Kier molecular flexibility index (Phi) is 5.21. The molecule has 1 aromatic heterocycles. The van der Waals surface area contributed by atoms with E-state index in [0.717, 1.165) is 31.1 Å². The Hall–Kier alpha value is -1.85. The molecule has 0 saturated heterocycles. The summed E-state index contributed by atoms with van der Waals surface area (Å²) in [6, 6.07) is 9.05. The molecule has 0 atom stereocenters. The Balaban J connectivity index is 0.00000176. The third-order valence-corrected chi connectivity index (χ3v) is 3.99. The molecule has 0 aliphatic heterocycles. The molecule has 6 heteroatoms. The first-order valence-corrected chi connectivity index (χ1v) is 7.23. The van der Waals surface area contributed by atoms with Gasteiger partial charge in [0, 0.05) is 17.5 Å². The summed E-state index contributed by atoms with van der Waals surface area (Å²) in [6.45, 7) is 0. The first kappa shape index (κ1) is 16.5. The minimum Gasteiger partial charge on any atom is -0.422 e. The molecule has 3 rings (SSSR count). The number of fused-ring (bicyclic) bond motifs is 1. The van der Waals surface area contributed by atoms with E-state index in [9.17, 15) is 9.59 Å². The van der Waals surface area contributed by atoms with E-state index in [-0.39, 0.29) is 36.0 Å². The molecule has 118 valence electrons. The molecule has 22 heavy (non-hydrogen) atoms. The highest BCUT2D eigenvalue weighted by Gasteiger charge is 2.22. The van der Waals surface area contributed by atoms with Crippen molar-refractivity contribution < 1.29 is 9.21 Å². The van der Waals surface area contributed by atoms with Gasteiger partial charge in [0.15, 0.2) is 0 Å². The van der Waals surface area contributed by atoms with Crippen molar-refractivity contribution in [2.45, 2.75) is 37.8 Å². The number of carbonyl (C=O) groups is 1. The Labute approximate surface area is 134 Å². The van der Waals surface area contributed by atoms with E-state index < -0.39 is 5.63 Å². The lowest BCUT2D eigenvalue weighted by Gasteiger charge is -2.26. The van der Waals surface area contributed by atoms with Crippen molar-refractivity contribution >= 4 is 29.3 Å². The fraction of sp³-hybridized carbons (Fsp3) is 0.375. The van der Waals surface area contributed by atoms with Crippen LogP contribution in [0.25, 0.3) is 11.0 Å². The quantitative estimate of drug-likeness (QED) is 0.830. The summed E-state index contributed by atoms with van der Waals surface area (Å²) in [5.74, 6) is -0.366. The van der Waals surface area contributed by atoms with Crippen LogP contribution in [0.1, 0.15) is 36.0 Å². The molecule has 0 radical (unpaired) electrons. The molecule has 1 aromatic carbocycles. The van der Waals surface area contributed by atoms with Gasteiger partial charge in [0.1, 0.15) is 11.1 Å². The Morgan fingerprint density at radius 3 is 2.59 bits per heavy atom. The number of carbonyl (C=O) groups excluding carboxylic acids is 1. The molecule has 1 aliphatic rings. The maximum Gasteiger partial charge on any atom is 0.349 e. The van der Waals surface area contributed by atoms with Gasteiger partial charge in [0.2, 0.25) is 0 Å². The van der Waals surface area contributed by atoms with E-state index in [0.29, 0.717) is 5.58 Å². The van der Waals surface area contributed by atoms with Crippen molar-refractivity contribution in [1.82, 2.24) is 5.32 Å². The van der Waals surface area contributed by atoms with Gasteiger partial charge in [-0.1, -0.05) is 18.2 Å². The highest BCUT2D eigenvalue weighted by molar-refractivity contribution is 5.96. The standard InChI is InChI=1S/C16H18N2O3.ClH/c17-11-5-7-12(8-6-11)18-15(19)13-9-10-3-1-2-4-14(10)21-16(13)20;/h1-4,9,11-12H,5-8,17H2,(H,18,19);1H. The molecule has 0 bridgehead atoms. The molecule has 1 aliphatic carbocycles. The smallest absolute Gasteiger partial charge is 0.349 e. The number of para-hydroxylation sites is 1. The lowest BCUT2D eigenvalue weighted by molar-refractivity contribution is 0.0922. The van der Waals surface area contributed by atoms with Gasteiger partial charge < -0.3 is 15.5 Å². The maximum atomic E-state index is 12.3. The van der Waals surface area contributed by atoms with Crippen LogP contribution in [-0.4, -0.2) is 18.0 Å². The molecule has 0 unspecified atom stereocenters. The predicted molar refractivity (Wildman–Crippen MR) is 87.4 cm³/mol. The lowest BCUT2D eigenvalue weighted by atomic mass is 9.91. The van der Waals surface area contributed by atoms with Crippen LogP contribution >= 0.6 is 12.4 Å². The predicted octanol–water partition coefficient (Wildman–Crippen LogP) is 2.21. The first-order valence-electron chi connectivity index (χ1n) is 7.23. The van der Waals surface area contributed by atoms with Crippen LogP contribution in [0.5, 0.6) is 0 Å². The minimum absolute atomic E-state index is 0. The van der Waals surface area contributed by atoms with E-state index in [1.165, 1.54) is 0 Å². The zero-order chi connectivity index (χ0) is 14.8. The fourth-order valence-corrected chi connectivity index (χ4v) is 2.75. The van der Waals surface area contributed by atoms with Crippen molar-refractivity contribution in [3.05, 3.63) is 46.3 Å². The average Bonchev–Trinajstić information content (AvgIpc) is 2.49. The van der Waals surface area contributed by atoms with E-state index in [1.807, 2.05) is 12.1 Å². The largest absolute Gasteiger partial charge is 0.422 e. The second-order valence-electron chi connectivity index (χ2n) is 5.57. The number of amides is 1. The molecule has 2 aromatic rings. The summed E-state index contributed by atoms with van der Waals surface area (Å²) in [5, 5.41) is 3.65. The summed E-state index contributed by atoms with van der Waals surface area (Å²) in [5.41, 5.74) is 5.80. The number of hydrogen-bond acceptors (Lipinski definition) is 4. The highest BCUT2D eigenvalue weighted by Crippen LogP contribution is 2.18. The number of halogens is 1. The van der Waals surface area contributed by atoms with Gasteiger partial charge in [-0.2, -0.15) is 0 Å². The van der Waals surface area contributed by atoms with E-state index in [1.54, 1.807) is 18.2 Å². The summed E-state index contributed by atoms with van der Waals surface area (Å²) in [4.78, 5) is 24.2. The minimum atomic E-state index is -0.598. The molecule has 0 spiro atoms. The normalized spacial score (nSPS) is 21.1. The second kappa shape index (κ2) is 6.94. The van der Waals surface area contributed by atoms with Crippen molar-refractivity contribution in [2.24, 2.45) is 5.73 Å². The first-order chi connectivity index (χ1) is 10.1. The van der Waals surface area contributed by atoms with Gasteiger partial charge in [0.25, 0.3) is 5.91 Å². The summed E-state index contributed by atoms with van der Waals surface area (Å²) in [6.07, 6.45) is 3.51. The number of nitrogens with one attached hydrogen (secondary N) is 1. The van der Waals surface area contributed by atoms with E-state index in [4.69, 9.17) is 10.2 Å². The Bertz CT molecular complexity index is 721. The van der Waals surface area contributed by atoms with Crippen molar-refractivity contribution in [1.29, 1.82) is 0 Å². The molecular weight excluding hydrogens is 304 g/mol. The number of hydrogen-bond donors (Lipinski definition) is 2. The number of benzene rings is 1. The molecule has 3 N–H and O–H groups in total. The van der Waals surface area contributed by atoms with Crippen LogP contribution in [0.3, 0.4) is 0 Å². The Morgan fingerprint density at radius 1 is 1.18 bits per heavy atom. The highest BCUT2D eigenvalue weighted by atomic mass is 35.5. The summed E-state index contributed by atoms with van der Waals surface area (Å²) < 4.78 is 5.18. The third-order valence-electron chi connectivity index (χ3n) is 3.99. The molecule has 5 nitrogen and oxygen atoms in total.